The van der Waals surface area contributed by atoms with Crippen LogP contribution in [0.1, 0.15) is 31.2 Å². The van der Waals surface area contributed by atoms with Crippen LogP contribution in [0.15, 0.2) is 22.7 Å². The average Bonchev–Trinajstić information content (AvgIpc) is 2.73. The molecule has 0 aromatic heterocycles. The summed E-state index contributed by atoms with van der Waals surface area (Å²) in [5.41, 5.74) is 1.21. The lowest BCUT2D eigenvalue weighted by Crippen LogP contribution is -1.95. The summed E-state index contributed by atoms with van der Waals surface area (Å²) in [7, 11) is 0. The average molecular weight is 289 g/mol. The Hall–Kier alpha value is -0.0200. The lowest BCUT2D eigenvalue weighted by atomic mass is 10.2. The first-order chi connectivity index (χ1) is 7.25. The molecule has 0 aliphatic heterocycles. The van der Waals surface area contributed by atoms with E-state index in [1.54, 1.807) is 0 Å². The lowest BCUT2D eigenvalue weighted by Gasteiger charge is -2.08. The quantitative estimate of drug-likeness (QED) is 0.772. The van der Waals surface area contributed by atoms with Crippen molar-refractivity contribution in [1.29, 1.82) is 0 Å². The van der Waals surface area contributed by atoms with E-state index in [0.29, 0.717) is 4.47 Å². The Morgan fingerprint density at radius 1 is 1.33 bits per heavy atom. The fourth-order valence-electron chi connectivity index (χ4n) is 1.90. The maximum absolute atomic E-state index is 13.0. The summed E-state index contributed by atoms with van der Waals surface area (Å²) in [6.45, 7) is 0. The van der Waals surface area contributed by atoms with Gasteiger partial charge in [0.25, 0.3) is 0 Å². The molecule has 2 rings (SSSR count). The van der Waals surface area contributed by atoms with Crippen molar-refractivity contribution in [3.8, 4) is 0 Å². The molecule has 0 heterocycles. The molecular weight excluding hydrogens is 275 g/mol. The molecule has 1 aromatic rings. The van der Waals surface area contributed by atoms with Gasteiger partial charge < -0.3 is 0 Å². The molecule has 0 radical (unpaired) electrons. The molecular formula is C12H14BrFS. The molecule has 0 spiro atoms. The number of benzene rings is 1. The molecule has 0 N–H and O–H groups in total. The van der Waals surface area contributed by atoms with E-state index in [4.69, 9.17) is 0 Å². The fourth-order valence-corrected chi connectivity index (χ4v) is 3.60. The van der Waals surface area contributed by atoms with Crippen LogP contribution in [0.25, 0.3) is 0 Å². The SMILES string of the molecule is Fc1ccc(CSC2CCCC2)cc1Br. The highest BCUT2D eigenvalue weighted by Gasteiger charge is 2.15. The number of halogens is 2. The van der Waals surface area contributed by atoms with E-state index in [1.165, 1.54) is 37.3 Å². The van der Waals surface area contributed by atoms with Crippen molar-refractivity contribution in [2.24, 2.45) is 0 Å². The van der Waals surface area contributed by atoms with Crippen LogP contribution in [-0.2, 0) is 5.75 Å². The first-order valence-electron chi connectivity index (χ1n) is 5.31. The Kier molecular flexibility index (Phi) is 4.09. The molecule has 1 aliphatic rings. The molecule has 1 aromatic carbocycles. The van der Waals surface area contributed by atoms with E-state index in [-0.39, 0.29) is 5.82 Å². The van der Waals surface area contributed by atoms with E-state index >= 15 is 0 Å². The second-order valence-corrected chi connectivity index (χ2v) is 6.11. The van der Waals surface area contributed by atoms with Gasteiger partial charge >= 0.3 is 0 Å². The van der Waals surface area contributed by atoms with Crippen molar-refractivity contribution in [3.63, 3.8) is 0 Å². The number of hydrogen-bond donors (Lipinski definition) is 0. The summed E-state index contributed by atoms with van der Waals surface area (Å²) < 4.78 is 13.6. The van der Waals surface area contributed by atoms with Gasteiger partial charge in [0, 0.05) is 11.0 Å². The van der Waals surface area contributed by atoms with Crippen LogP contribution in [0.3, 0.4) is 0 Å². The van der Waals surface area contributed by atoms with Crippen LogP contribution in [0.2, 0.25) is 0 Å². The normalized spacial score (nSPS) is 17.2. The van der Waals surface area contributed by atoms with E-state index in [2.05, 4.69) is 15.9 Å². The van der Waals surface area contributed by atoms with Gasteiger partial charge in [-0.25, -0.2) is 4.39 Å². The fraction of sp³-hybridized carbons (Fsp3) is 0.500. The van der Waals surface area contributed by atoms with Crippen molar-refractivity contribution in [1.82, 2.24) is 0 Å². The second kappa shape index (κ2) is 5.35. The largest absolute Gasteiger partial charge is 0.206 e. The van der Waals surface area contributed by atoms with E-state index in [9.17, 15) is 4.39 Å². The van der Waals surface area contributed by atoms with Crippen molar-refractivity contribution >= 4 is 27.7 Å². The van der Waals surface area contributed by atoms with Crippen molar-refractivity contribution in [3.05, 3.63) is 34.1 Å². The smallest absolute Gasteiger partial charge is 0.137 e. The summed E-state index contributed by atoms with van der Waals surface area (Å²) in [5.74, 6) is 0.827. The van der Waals surface area contributed by atoms with Crippen molar-refractivity contribution in [2.75, 3.05) is 0 Å². The highest BCUT2D eigenvalue weighted by molar-refractivity contribution is 9.10. The van der Waals surface area contributed by atoms with Gasteiger partial charge in [-0.1, -0.05) is 18.9 Å². The second-order valence-electron chi connectivity index (χ2n) is 3.97. The zero-order chi connectivity index (χ0) is 10.7. The van der Waals surface area contributed by atoms with Crippen LogP contribution >= 0.6 is 27.7 Å². The Balaban J connectivity index is 1.90. The Morgan fingerprint density at radius 2 is 2.07 bits per heavy atom. The molecule has 0 unspecified atom stereocenters. The zero-order valence-corrected chi connectivity index (χ0v) is 10.9. The molecule has 1 fully saturated rings. The summed E-state index contributed by atoms with van der Waals surface area (Å²) in [6, 6.07) is 5.30. The van der Waals surface area contributed by atoms with Gasteiger partial charge in [0.2, 0.25) is 0 Å². The minimum Gasteiger partial charge on any atom is -0.206 e. The molecule has 82 valence electrons. The first-order valence-corrected chi connectivity index (χ1v) is 7.15. The maximum Gasteiger partial charge on any atom is 0.137 e. The van der Waals surface area contributed by atoms with Gasteiger partial charge in [-0.05, 0) is 46.5 Å². The van der Waals surface area contributed by atoms with Crippen LogP contribution in [0.4, 0.5) is 4.39 Å². The van der Waals surface area contributed by atoms with Crippen LogP contribution in [0.5, 0.6) is 0 Å². The van der Waals surface area contributed by atoms with Gasteiger partial charge in [0.1, 0.15) is 5.82 Å². The minimum atomic E-state index is -0.176. The molecule has 0 amide bonds. The standard InChI is InChI=1S/C12H14BrFS/c13-11-7-9(5-6-12(11)14)8-15-10-3-1-2-4-10/h5-7,10H,1-4,8H2. The predicted octanol–water partition coefficient (Wildman–Crippen LogP) is 4.76. The summed E-state index contributed by atoms with van der Waals surface area (Å²) in [4.78, 5) is 0. The summed E-state index contributed by atoms with van der Waals surface area (Å²) >= 11 is 5.22. The lowest BCUT2D eigenvalue weighted by molar-refractivity contribution is 0.620. The Morgan fingerprint density at radius 3 is 2.73 bits per heavy atom. The molecule has 1 aliphatic carbocycles. The summed E-state index contributed by atoms with van der Waals surface area (Å²) in [5, 5.41) is 0.828. The highest BCUT2D eigenvalue weighted by Crippen LogP contribution is 2.32. The molecule has 0 bridgehead atoms. The molecule has 0 saturated heterocycles. The van der Waals surface area contributed by atoms with Crippen molar-refractivity contribution < 1.29 is 4.39 Å². The Labute approximate surface area is 103 Å². The number of hydrogen-bond acceptors (Lipinski definition) is 1. The molecule has 15 heavy (non-hydrogen) atoms. The molecule has 0 atom stereocenters. The van der Waals surface area contributed by atoms with Gasteiger partial charge in [-0.3, -0.25) is 0 Å². The van der Waals surface area contributed by atoms with Gasteiger partial charge in [0.15, 0.2) is 0 Å². The van der Waals surface area contributed by atoms with Crippen LogP contribution in [-0.4, -0.2) is 5.25 Å². The molecule has 3 heteroatoms. The third-order valence-corrected chi connectivity index (χ3v) is 4.82. The van der Waals surface area contributed by atoms with Gasteiger partial charge in [0.05, 0.1) is 4.47 Å². The van der Waals surface area contributed by atoms with Crippen LogP contribution < -0.4 is 0 Å². The van der Waals surface area contributed by atoms with E-state index < -0.39 is 0 Å². The van der Waals surface area contributed by atoms with Crippen molar-refractivity contribution in [2.45, 2.75) is 36.7 Å². The van der Waals surface area contributed by atoms with Gasteiger partial charge in [-0.15, -0.1) is 0 Å². The number of thioether (sulfide) groups is 1. The predicted molar refractivity (Wildman–Crippen MR) is 67.7 cm³/mol. The maximum atomic E-state index is 13.0. The first kappa shape index (κ1) is 11.5. The summed E-state index contributed by atoms with van der Waals surface area (Å²) in [6.07, 6.45) is 5.47. The topological polar surface area (TPSA) is 0 Å². The number of rotatable bonds is 3. The van der Waals surface area contributed by atoms with Crippen LogP contribution in [0, 0.1) is 5.82 Å². The third-order valence-electron chi connectivity index (χ3n) is 2.77. The van der Waals surface area contributed by atoms with Gasteiger partial charge in [-0.2, -0.15) is 11.8 Å². The molecule has 1 saturated carbocycles. The minimum absolute atomic E-state index is 0.176. The Bertz CT molecular complexity index is 334. The monoisotopic (exact) mass is 288 g/mol. The third kappa shape index (κ3) is 3.22. The van der Waals surface area contributed by atoms with E-state index in [0.717, 1.165) is 11.0 Å². The molecule has 0 nitrogen and oxygen atoms in total. The highest BCUT2D eigenvalue weighted by atomic mass is 79.9. The zero-order valence-electron chi connectivity index (χ0n) is 8.51. The van der Waals surface area contributed by atoms with E-state index in [1.807, 2.05) is 23.9 Å².